The molecule has 0 aromatic heterocycles. The van der Waals surface area contributed by atoms with Crippen LogP contribution in [0.5, 0.6) is 5.75 Å². The number of anilines is 1. The Hall–Kier alpha value is -1.22. The Balaban J connectivity index is 2.94. The summed E-state index contributed by atoms with van der Waals surface area (Å²) >= 11 is 0. The van der Waals surface area contributed by atoms with Crippen molar-refractivity contribution in [3.05, 3.63) is 23.8 Å². The Bertz CT molecular complexity index is 284. The van der Waals surface area contributed by atoms with Crippen molar-refractivity contribution in [3.63, 3.8) is 0 Å². The Morgan fingerprint density at radius 2 is 2.15 bits per heavy atom. The summed E-state index contributed by atoms with van der Waals surface area (Å²) in [6.07, 6.45) is 0.786. The Morgan fingerprint density at radius 1 is 1.46 bits per heavy atom. The summed E-state index contributed by atoms with van der Waals surface area (Å²) in [5, 5.41) is 0. The topological polar surface area (TPSA) is 61.3 Å². The van der Waals surface area contributed by atoms with Crippen LogP contribution in [0.4, 0.5) is 5.69 Å². The number of ether oxygens (including phenoxy) is 1. The zero-order chi connectivity index (χ0) is 9.84. The predicted octanol–water partition coefficient (Wildman–Crippen LogP) is 1.17. The lowest BCUT2D eigenvalue weighted by atomic mass is 10.1. The second-order valence-electron chi connectivity index (χ2n) is 3.25. The molecule has 13 heavy (non-hydrogen) atoms. The molecule has 3 nitrogen and oxygen atoms in total. The first-order valence-corrected chi connectivity index (χ1v) is 4.31. The quantitative estimate of drug-likeness (QED) is 0.686. The van der Waals surface area contributed by atoms with Crippen molar-refractivity contribution in [2.75, 3.05) is 12.8 Å². The number of benzene rings is 1. The van der Waals surface area contributed by atoms with Crippen molar-refractivity contribution in [1.82, 2.24) is 0 Å². The SMILES string of the molecule is COc1ccc(N)cc1C[C@H](C)N. The fourth-order valence-electron chi connectivity index (χ4n) is 1.30. The molecule has 0 unspecified atom stereocenters. The maximum Gasteiger partial charge on any atom is 0.122 e. The molecular weight excluding hydrogens is 164 g/mol. The van der Waals surface area contributed by atoms with E-state index in [0.717, 1.165) is 23.4 Å². The molecule has 0 fully saturated rings. The lowest BCUT2D eigenvalue weighted by molar-refractivity contribution is 0.408. The number of hydrogen-bond donors (Lipinski definition) is 2. The van der Waals surface area contributed by atoms with E-state index < -0.39 is 0 Å². The second kappa shape index (κ2) is 4.14. The minimum Gasteiger partial charge on any atom is -0.496 e. The molecular formula is C10H16N2O. The van der Waals surface area contributed by atoms with Crippen LogP contribution in [-0.4, -0.2) is 13.2 Å². The Labute approximate surface area is 78.7 Å². The fourth-order valence-corrected chi connectivity index (χ4v) is 1.30. The molecule has 0 spiro atoms. The van der Waals surface area contributed by atoms with Gasteiger partial charge in [0, 0.05) is 11.7 Å². The van der Waals surface area contributed by atoms with Gasteiger partial charge < -0.3 is 16.2 Å². The third kappa shape index (κ3) is 2.63. The second-order valence-corrected chi connectivity index (χ2v) is 3.25. The van der Waals surface area contributed by atoms with E-state index in [1.165, 1.54) is 0 Å². The van der Waals surface area contributed by atoms with Crippen LogP contribution in [0.3, 0.4) is 0 Å². The number of hydrogen-bond acceptors (Lipinski definition) is 3. The number of rotatable bonds is 3. The van der Waals surface area contributed by atoms with Crippen molar-refractivity contribution in [2.24, 2.45) is 5.73 Å². The molecule has 3 heteroatoms. The van der Waals surface area contributed by atoms with Gasteiger partial charge in [-0.25, -0.2) is 0 Å². The first kappa shape index (κ1) is 9.86. The van der Waals surface area contributed by atoms with Crippen LogP contribution in [0.2, 0.25) is 0 Å². The molecule has 1 aromatic carbocycles. The van der Waals surface area contributed by atoms with Gasteiger partial charge in [-0.3, -0.25) is 0 Å². The van der Waals surface area contributed by atoms with E-state index in [1.54, 1.807) is 7.11 Å². The summed E-state index contributed by atoms with van der Waals surface area (Å²) in [5.41, 5.74) is 13.2. The van der Waals surface area contributed by atoms with E-state index in [2.05, 4.69) is 0 Å². The van der Waals surface area contributed by atoms with Crippen LogP contribution < -0.4 is 16.2 Å². The van der Waals surface area contributed by atoms with Crippen molar-refractivity contribution in [3.8, 4) is 5.75 Å². The maximum absolute atomic E-state index is 5.70. The number of nitrogens with two attached hydrogens (primary N) is 2. The van der Waals surface area contributed by atoms with E-state index >= 15 is 0 Å². The summed E-state index contributed by atoms with van der Waals surface area (Å²) in [7, 11) is 1.65. The standard InChI is InChI=1S/C10H16N2O/c1-7(11)5-8-6-9(12)3-4-10(8)13-2/h3-4,6-7H,5,11-12H2,1-2H3/t7-/m0/s1. The Kier molecular flexibility index (Phi) is 3.14. The van der Waals surface area contributed by atoms with E-state index in [0.29, 0.717) is 0 Å². The van der Waals surface area contributed by atoms with Gasteiger partial charge in [-0.2, -0.15) is 0 Å². The van der Waals surface area contributed by atoms with Gasteiger partial charge >= 0.3 is 0 Å². The van der Waals surface area contributed by atoms with Gasteiger partial charge in [0.05, 0.1) is 7.11 Å². The average Bonchev–Trinajstić information content (AvgIpc) is 2.03. The lowest BCUT2D eigenvalue weighted by Crippen LogP contribution is -2.18. The molecule has 4 N–H and O–H groups in total. The zero-order valence-corrected chi connectivity index (χ0v) is 8.08. The number of nitrogen functional groups attached to an aromatic ring is 1. The van der Waals surface area contributed by atoms with Gasteiger partial charge in [0.25, 0.3) is 0 Å². The van der Waals surface area contributed by atoms with Gasteiger partial charge in [-0.05, 0) is 37.1 Å². The van der Waals surface area contributed by atoms with E-state index in [-0.39, 0.29) is 6.04 Å². The van der Waals surface area contributed by atoms with Crippen molar-refractivity contribution < 1.29 is 4.74 Å². The summed E-state index contributed by atoms with van der Waals surface area (Å²) < 4.78 is 5.19. The molecule has 0 aliphatic heterocycles. The molecule has 0 amide bonds. The first-order chi connectivity index (χ1) is 6.13. The molecule has 0 aliphatic rings. The highest BCUT2D eigenvalue weighted by Crippen LogP contribution is 2.21. The smallest absolute Gasteiger partial charge is 0.122 e. The van der Waals surface area contributed by atoms with Crippen LogP contribution in [0.25, 0.3) is 0 Å². The predicted molar refractivity (Wildman–Crippen MR) is 54.8 cm³/mol. The summed E-state index contributed by atoms with van der Waals surface area (Å²) in [6, 6.07) is 5.72. The molecule has 0 bridgehead atoms. The highest BCUT2D eigenvalue weighted by atomic mass is 16.5. The third-order valence-electron chi connectivity index (χ3n) is 1.85. The van der Waals surface area contributed by atoms with E-state index in [9.17, 15) is 0 Å². The summed E-state index contributed by atoms with van der Waals surface area (Å²) in [4.78, 5) is 0. The molecule has 0 saturated heterocycles. The fraction of sp³-hybridized carbons (Fsp3) is 0.400. The molecule has 1 aromatic rings. The molecule has 0 saturated carbocycles. The lowest BCUT2D eigenvalue weighted by Gasteiger charge is -2.10. The van der Waals surface area contributed by atoms with Gasteiger partial charge in [-0.1, -0.05) is 0 Å². The normalized spacial score (nSPS) is 12.5. The van der Waals surface area contributed by atoms with Gasteiger partial charge in [0.15, 0.2) is 0 Å². The maximum atomic E-state index is 5.70. The van der Waals surface area contributed by atoms with Gasteiger partial charge in [0.1, 0.15) is 5.75 Å². The van der Waals surface area contributed by atoms with Crippen molar-refractivity contribution in [2.45, 2.75) is 19.4 Å². The number of methoxy groups -OCH3 is 1. The largest absolute Gasteiger partial charge is 0.496 e. The van der Waals surface area contributed by atoms with Crippen LogP contribution >= 0.6 is 0 Å². The molecule has 0 heterocycles. The van der Waals surface area contributed by atoms with Gasteiger partial charge in [0.2, 0.25) is 0 Å². The molecule has 1 rings (SSSR count). The van der Waals surface area contributed by atoms with Gasteiger partial charge in [-0.15, -0.1) is 0 Å². The minimum absolute atomic E-state index is 0.121. The molecule has 0 aliphatic carbocycles. The highest BCUT2D eigenvalue weighted by Gasteiger charge is 2.05. The van der Waals surface area contributed by atoms with Crippen molar-refractivity contribution >= 4 is 5.69 Å². The van der Waals surface area contributed by atoms with Crippen LogP contribution in [0, 0.1) is 0 Å². The third-order valence-corrected chi connectivity index (χ3v) is 1.85. The van der Waals surface area contributed by atoms with Crippen LogP contribution in [-0.2, 0) is 6.42 Å². The average molecular weight is 180 g/mol. The van der Waals surface area contributed by atoms with Crippen LogP contribution in [0.15, 0.2) is 18.2 Å². The first-order valence-electron chi connectivity index (χ1n) is 4.31. The monoisotopic (exact) mass is 180 g/mol. The van der Waals surface area contributed by atoms with E-state index in [1.807, 2.05) is 25.1 Å². The van der Waals surface area contributed by atoms with Crippen molar-refractivity contribution in [1.29, 1.82) is 0 Å². The minimum atomic E-state index is 0.121. The summed E-state index contributed by atoms with van der Waals surface area (Å²) in [6.45, 7) is 1.96. The molecule has 72 valence electrons. The summed E-state index contributed by atoms with van der Waals surface area (Å²) in [5.74, 6) is 0.853. The molecule has 1 atom stereocenters. The van der Waals surface area contributed by atoms with E-state index in [4.69, 9.17) is 16.2 Å². The van der Waals surface area contributed by atoms with Crippen LogP contribution in [0.1, 0.15) is 12.5 Å². The highest BCUT2D eigenvalue weighted by molar-refractivity contribution is 5.48. The molecule has 0 radical (unpaired) electrons. The Morgan fingerprint density at radius 3 is 2.69 bits per heavy atom. The zero-order valence-electron chi connectivity index (χ0n) is 8.08.